The summed E-state index contributed by atoms with van der Waals surface area (Å²) >= 11 is 0. The lowest BCUT2D eigenvalue weighted by molar-refractivity contribution is -0.119. The Kier molecular flexibility index (Phi) is 4.77. The zero-order chi connectivity index (χ0) is 11.1. The van der Waals surface area contributed by atoms with Gasteiger partial charge in [-0.15, -0.1) is 0 Å². The van der Waals surface area contributed by atoms with Gasteiger partial charge in [-0.3, -0.25) is 9.78 Å². The highest BCUT2D eigenvalue weighted by molar-refractivity contribution is 5.92. The van der Waals surface area contributed by atoms with Gasteiger partial charge in [0.15, 0.2) is 0 Å². The normalized spacial score (nSPS) is 12.1. The van der Waals surface area contributed by atoms with Crippen molar-refractivity contribution in [2.24, 2.45) is 5.92 Å². The molecule has 0 bridgehead atoms. The molecule has 4 heteroatoms. The Balaban J connectivity index is 2.42. The maximum Gasteiger partial charge on any atom is 0.228 e. The first-order chi connectivity index (χ1) is 7.24. The van der Waals surface area contributed by atoms with Crippen LogP contribution in [-0.2, 0) is 4.79 Å². The smallest absolute Gasteiger partial charge is 0.228 e. The third-order valence-electron chi connectivity index (χ3n) is 2.10. The van der Waals surface area contributed by atoms with E-state index < -0.39 is 0 Å². The highest BCUT2D eigenvalue weighted by atomic mass is 16.1. The van der Waals surface area contributed by atoms with Crippen molar-refractivity contribution in [3.63, 3.8) is 0 Å². The predicted octanol–water partition coefficient (Wildman–Crippen LogP) is 1.27. The van der Waals surface area contributed by atoms with Gasteiger partial charge in [0.25, 0.3) is 0 Å². The van der Waals surface area contributed by atoms with Crippen LogP contribution < -0.4 is 10.6 Å². The molecule has 0 spiro atoms. The van der Waals surface area contributed by atoms with Gasteiger partial charge in [-0.2, -0.15) is 0 Å². The highest BCUT2D eigenvalue weighted by Gasteiger charge is 2.11. The van der Waals surface area contributed by atoms with E-state index in [0.29, 0.717) is 6.54 Å². The third kappa shape index (κ3) is 4.08. The van der Waals surface area contributed by atoms with Crippen molar-refractivity contribution in [2.45, 2.75) is 13.8 Å². The van der Waals surface area contributed by atoms with Gasteiger partial charge in [0.1, 0.15) is 0 Å². The van der Waals surface area contributed by atoms with Crippen molar-refractivity contribution in [2.75, 3.05) is 18.4 Å². The largest absolute Gasteiger partial charge is 0.326 e. The molecule has 1 unspecified atom stereocenters. The number of carbonyl (C=O) groups is 1. The van der Waals surface area contributed by atoms with Crippen LogP contribution in [0.3, 0.4) is 0 Å². The minimum Gasteiger partial charge on any atom is -0.326 e. The van der Waals surface area contributed by atoms with Crippen LogP contribution in [0.15, 0.2) is 24.5 Å². The Labute approximate surface area is 90.1 Å². The maximum atomic E-state index is 11.6. The Morgan fingerprint density at radius 1 is 1.47 bits per heavy atom. The van der Waals surface area contributed by atoms with Crippen LogP contribution in [0.1, 0.15) is 13.8 Å². The van der Waals surface area contributed by atoms with Gasteiger partial charge < -0.3 is 10.6 Å². The number of hydrogen-bond donors (Lipinski definition) is 2. The van der Waals surface area contributed by atoms with Crippen molar-refractivity contribution in [3.05, 3.63) is 24.5 Å². The number of anilines is 1. The number of pyridine rings is 1. The second-order valence-corrected chi connectivity index (χ2v) is 3.43. The molecule has 0 aliphatic carbocycles. The van der Waals surface area contributed by atoms with Crippen LogP contribution in [0.4, 0.5) is 5.69 Å². The quantitative estimate of drug-likeness (QED) is 0.764. The van der Waals surface area contributed by atoms with E-state index in [1.807, 2.05) is 13.8 Å². The molecule has 0 aromatic carbocycles. The average molecular weight is 207 g/mol. The number of rotatable bonds is 5. The molecule has 1 aromatic rings. The number of nitrogens with zero attached hydrogens (tertiary/aromatic N) is 1. The highest BCUT2D eigenvalue weighted by Crippen LogP contribution is 2.05. The minimum atomic E-state index is -0.0295. The lowest BCUT2D eigenvalue weighted by Crippen LogP contribution is -2.30. The van der Waals surface area contributed by atoms with Crippen LogP contribution in [0, 0.1) is 5.92 Å². The van der Waals surface area contributed by atoms with Gasteiger partial charge in [0.2, 0.25) is 5.91 Å². The van der Waals surface area contributed by atoms with Crippen LogP contribution in [-0.4, -0.2) is 24.0 Å². The zero-order valence-corrected chi connectivity index (χ0v) is 9.16. The molecule has 15 heavy (non-hydrogen) atoms. The number of carbonyl (C=O) groups excluding carboxylic acids is 1. The second kappa shape index (κ2) is 6.14. The number of nitrogens with one attached hydrogen (secondary N) is 2. The minimum absolute atomic E-state index is 0.0295. The molecule has 0 aliphatic rings. The van der Waals surface area contributed by atoms with E-state index in [1.165, 1.54) is 0 Å². The van der Waals surface area contributed by atoms with Crippen molar-refractivity contribution in [1.29, 1.82) is 0 Å². The number of amides is 1. The van der Waals surface area contributed by atoms with Crippen molar-refractivity contribution in [3.8, 4) is 0 Å². The Hall–Kier alpha value is -1.42. The zero-order valence-electron chi connectivity index (χ0n) is 9.16. The summed E-state index contributed by atoms with van der Waals surface area (Å²) < 4.78 is 0. The van der Waals surface area contributed by atoms with Crippen molar-refractivity contribution in [1.82, 2.24) is 10.3 Å². The van der Waals surface area contributed by atoms with Gasteiger partial charge in [0, 0.05) is 30.5 Å². The summed E-state index contributed by atoms with van der Waals surface area (Å²) in [5, 5.41) is 5.97. The van der Waals surface area contributed by atoms with Gasteiger partial charge in [-0.1, -0.05) is 13.8 Å². The lowest BCUT2D eigenvalue weighted by Gasteiger charge is -2.11. The number of aromatic nitrogens is 1. The van der Waals surface area contributed by atoms with E-state index in [9.17, 15) is 4.79 Å². The van der Waals surface area contributed by atoms with Crippen molar-refractivity contribution >= 4 is 11.6 Å². The molecule has 0 saturated carbocycles. The first kappa shape index (κ1) is 11.7. The fraction of sp³-hybridized carbons (Fsp3) is 0.455. The molecule has 4 nitrogen and oxygen atoms in total. The van der Waals surface area contributed by atoms with Gasteiger partial charge >= 0.3 is 0 Å². The van der Waals surface area contributed by atoms with Gasteiger partial charge in [-0.05, 0) is 18.7 Å². The van der Waals surface area contributed by atoms with Crippen LogP contribution in [0.25, 0.3) is 0 Å². The summed E-state index contributed by atoms with van der Waals surface area (Å²) in [6.45, 7) is 5.51. The molecule has 1 heterocycles. The number of hydrogen-bond acceptors (Lipinski definition) is 3. The Morgan fingerprint density at radius 2 is 2.13 bits per heavy atom. The summed E-state index contributed by atoms with van der Waals surface area (Å²) in [5.74, 6) is 0.000246. The fourth-order valence-electron chi connectivity index (χ4n) is 1.15. The topological polar surface area (TPSA) is 54.0 Å². The molecule has 82 valence electrons. The SMILES string of the molecule is CCNCC(C)C(=O)Nc1ccncc1. The molecule has 1 aromatic heterocycles. The van der Waals surface area contributed by atoms with E-state index in [0.717, 1.165) is 12.2 Å². The Morgan fingerprint density at radius 3 is 2.73 bits per heavy atom. The summed E-state index contributed by atoms with van der Waals surface area (Å²) in [6, 6.07) is 3.55. The van der Waals surface area contributed by atoms with E-state index in [2.05, 4.69) is 15.6 Å². The van der Waals surface area contributed by atoms with Crippen LogP contribution in [0.5, 0.6) is 0 Å². The third-order valence-corrected chi connectivity index (χ3v) is 2.10. The molecule has 2 N–H and O–H groups in total. The van der Waals surface area contributed by atoms with Gasteiger partial charge in [-0.25, -0.2) is 0 Å². The predicted molar refractivity (Wildman–Crippen MR) is 60.6 cm³/mol. The van der Waals surface area contributed by atoms with E-state index in [4.69, 9.17) is 0 Å². The molecule has 0 aliphatic heterocycles. The standard InChI is InChI=1S/C11H17N3O/c1-3-12-8-9(2)11(15)14-10-4-6-13-7-5-10/h4-7,9,12H,3,8H2,1-2H3,(H,13,14,15). The monoisotopic (exact) mass is 207 g/mol. The summed E-state index contributed by atoms with van der Waals surface area (Å²) in [6.07, 6.45) is 3.31. The van der Waals surface area contributed by atoms with Crippen molar-refractivity contribution < 1.29 is 4.79 Å². The average Bonchev–Trinajstić information content (AvgIpc) is 2.27. The molecule has 0 radical (unpaired) electrons. The molecule has 1 rings (SSSR count). The maximum absolute atomic E-state index is 11.6. The first-order valence-corrected chi connectivity index (χ1v) is 5.15. The molecule has 0 saturated heterocycles. The Bertz CT molecular complexity index is 300. The van der Waals surface area contributed by atoms with E-state index in [-0.39, 0.29) is 11.8 Å². The van der Waals surface area contributed by atoms with Gasteiger partial charge in [0.05, 0.1) is 0 Å². The van der Waals surface area contributed by atoms with E-state index in [1.54, 1.807) is 24.5 Å². The lowest BCUT2D eigenvalue weighted by atomic mass is 10.1. The molecule has 0 fully saturated rings. The molecule has 1 atom stereocenters. The molecule has 1 amide bonds. The summed E-state index contributed by atoms with van der Waals surface area (Å²) in [5.41, 5.74) is 0.790. The molecular weight excluding hydrogens is 190 g/mol. The summed E-state index contributed by atoms with van der Waals surface area (Å²) in [7, 11) is 0. The fourth-order valence-corrected chi connectivity index (χ4v) is 1.15. The molecular formula is C11H17N3O. The van der Waals surface area contributed by atoms with Crippen LogP contribution in [0.2, 0.25) is 0 Å². The first-order valence-electron chi connectivity index (χ1n) is 5.15. The van der Waals surface area contributed by atoms with E-state index >= 15 is 0 Å². The van der Waals surface area contributed by atoms with Crippen LogP contribution >= 0.6 is 0 Å². The summed E-state index contributed by atoms with van der Waals surface area (Å²) in [4.78, 5) is 15.5. The second-order valence-electron chi connectivity index (χ2n) is 3.43.